The maximum Gasteiger partial charge on any atom is 0.123 e. The average molecular weight is 275 g/mol. The van der Waals surface area contributed by atoms with E-state index in [1.54, 1.807) is 12.1 Å². The zero-order chi connectivity index (χ0) is 14.7. The lowest BCUT2D eigenvalue weighted by Crippen LogP contribution is -2.32. The standard InChI is InChI=1S/C16H22FN3/c1-4-14-10-15(5-2)20(19-14)16(11(3)18)12-6-8-13(17)9-7-12/h6-11,16H,4-5,18H2,1-3H3. The van der Waals surface area contributed by atoms with E-state index in [9.17, 15) is 4.39 Å². The number of rotatable bonds is 5. The second kappa shape index (κ2) is 6.18. The van der Waals surface area contributed by atoms with Gasteiger partial charge in [0.05, 0.1) is 11.7 Å². The van der Waals surface area contributed by atoms with Crippen molar-refractivity contribution in [3.05, 3.63) is 53.1 Å². The van der Waals surface area contributed by atoms with Crippen LogP contribution in [0.1, 0.15) is 43.8 Å². The molecule has 2 atom stereocenters. The van der Waals surface area contributed by atoms with Crippen molar-refractivity contribution < 1.29 is 4.39 Å². The minimum absolute atomic E-state index is 0.0640. The number of nitrogens with two attached hydrogens (primary N) is 1. The summed E-state index contributed by atoms with van der Waals surface area (Å²) in [5.74, 6) is -0.234. The van der Waals surface area contributed by atoms with E-state index in [0.29, 0.717) is 0 Å². The first-order valence-electron chi connectivity index (χ1n) is 7.15. The summed E-state index contributed by atoms with van der Waals surface area (Å²) in [6.07, 6.45) is 1.80. The summed E-state index contributed by atoms with van der Waals surface area (Å²) in [5.41, 5.74) is 9.37. The van der Waals surface area contributed by atoms with E-state index < -0.39 is 0 Å². The van der Waals surface area contributed by atoms with Crippen LogP contribution in [0, 0.1) is 5.82 Å². The fraction of sp³-hybridized carbons (Fsp3) is 0.438. The third kappa shape index (κ3) is 2.90. The van der Waals surface area contributed by atoms with Crippen LogP contribution >= 0.6 is 0 Å². The molecule has 20 heavy (non-hydrogen) atoms. The first-order valence-corrected chi connectivity index (χ1v) is 7.15. The summed E-state index contributed by atoms with van der Waals surface area (Å²) in [7, 11) is 0. The van der Waals surface area contributed by atoms with Gasteiger partial charge in [-0.2, -0.15) is 5.10 Å². The van der Waals surface area contributed by atoms with Crippen LogP contribution in [0.5, 0.6) is 0 Å². The lowest BCUT2D eigenvalue weighted by atomic mass is 10.0. The highest BCUT2D eigenvalue weighted by molar-refractivity contribution is 5.24. The van der Waals surface area contributed by atoms with Crippen LogP contribution < -0.4 is 5.73 Å². The Kier molecular flexibility index (Phi) is 4.55. The van der Waals surface area contributed by atoms with Crippen LogP contribution in [0.3, 0.4) is 0 Å². The maximum atomic E-state index is 13.1. The lowest BCUT2D eigenvalue weighted by molar-refractivity contribution is 0.437. The molecular formula is C16H22FN3. The van der Waals surface area contributed by atoms with Gasteiger partial charge in [-0.25, -0.2) is 4.39 Å². The molecule has 1 aromatic carbocycles. The molecule has 1 aromatic heterocycles. The summed E-state index contributed by atoms with van der Waals surface area (Å²) in [6.45, 7) is 6.15. The number of hydrogen-bond acceptors (Lipinski definition) is 2. The van der Waals surface area contributed by atoms with E-state index in [1.807, 2.05) is 11.6 Å². The third-order valence-corrected chi connectivity index (χ3v) is 3.56. The van der Waals surface area contributed by atoms with Gasteiger partial charge in [0.15, 0.2) is 0 Å². The quantitative estimate of drug-likeness (QED) is 0.911. The van der Waals surface area contributed by atoms with Crippen molar-refractivity contribution in [2.75, 3.05) is 0 Å². The normalized spacial score (nSPS) is 14.2. The summed E-state index contributed by atoms with van der Waals surface area (Å²) in [5, 5.41) is 4.66. The predicted molar refractivity (Wildman–Crippen MR) is 79.2 cm³/mol. The van der Waals surface area contributed by atoms with Crippen LogP contribution in [0.25, 0.3) is 0 Å². The second-order valence-corrected chi connectivity index (χ2v) is 5.13. The first-order chi connectivity index (χ1) is 9.56. The molecule has 2 rings (SSSR count). The summed E-state index contributed by atoms with van der Waals surface area (Å²) in [4.78, 5) is 0. The van der Waals surface area contributed by atoms with E-state index in [1.165, 1.54) is 12.1 Å². The molecule has 2 N–H and O–H groups in total. The monoisotopic (exact) mass is 275 g/mol. The number of benzene rings is 1. The van der Waals surface area contributed by atoms with Crippen molar-refractivity contribution in [1.29, 1.82) is 0 Å². The average Bonchev–Trinajstić information content (AvgIpc) is 2.84. The highest BCUT2D eigenvalue weighted by Crippen LogP contribution is 2.24. The minimum atomic E-state index is -0.234. The van der Waals surface area contributed by atoms with Gasteiger partial charge in [-0.1, -0.05) is 26.0 Å². The molecule has 0 amide bonds. The fourth-order valence-corrected chi connectivity index (χ4v) is 2.50. The van der Waals surface area contributed by atoms with Crippen LogP contribution in [0.2, 0.25) is 0 Å². The Balaban J connectivity index is 2.48. The zero-order valence-corrected chi connectivity index (χ0v) is 12.3. The van der Waals surface area contributed by atoms with E-state index in [0.717, 1.165) is 29.8 Å². The largest absolute Gasteiger partial charge is 0.326 e. The van der Waals surface area contributed by atoms with Crippen molar-refractivity contribution >= 4 is 0 Å². The van der Waals surface area contributed by atoms with Crippen LogP contribution in [0.15, 0.2) is 30.3 Å². The SMILES string of the molecule is CCc1cc(CC)n(C(c2ccc(F)cc2)C(C)N)n1. The van der Waals surface area contributed by atoms with Crippen LogP contribution in [-0.2, 0) is 12.8 Å². The Morgan fingerprint density at radius 1 is 1.20 bits per heavy atom. The molecule has 2 unspecified atom stereocenters. The van der Waals surface area contributed by atoms with Crippen molar-refractivity contribution in [3.63, 3.8) is 0 Å². The molecule has 0 aliphatic carbocycles. The number of nitrogens with zero attached hydrogens (tertiary/aromatic N) is 2. The lowest BCUT2D eigenvalue weighted by Gasteiger charge is -2.24. The summed E-state index contributed by atoms with van der Waals surface area (Å²) < 4.78 is 15.1. The predicted octanol–water partition coefficient (Wildman–Crippen LogP) is 3.08. The van der Waals surface area contributed by atoms with Gasteiger partial charge in [-0.3, -0.25) is 4.68 Å². The van der Waals surface area contributed by atoms with Gasteiger partial charge in [-0.15, -0.1) is 0 Å². The van der Waals surface area contributed by atoms with Gasteiger partial charge < -0.3 is 5.73 Å². The molecular weight excluding hydrogens is 253 g/mol. The van der Waals surface area contributed by atoms with Gasteiger partial charge in [0.2, 0.25) is 0 Å². The van der Waals surface area contributed by atoms with E-state index in [-0.39, 0.29) is 17.9 Å². The first kappa shape index (κ1) is 14.7. The van der Waals surface area contributed by atoms with Crippen molar-refractivity contribution in [3.8, 4) is 0 Å². The summed E-state index contributed by atoms with van der Waals surface area (Å²) >= 11 is 0. The Morgan fingerprint density at radius 3 is 2.35 bits per heavy atom. The molecule has 4 heteroatoms. The second-order valence-electron chi connectivity index (χ2n) is 5.13. The Morgan fingerprint density at radius 2 is 1.85 bits per heavy atom. The molecule has 0 radical (unpaired) electrons. The minimum Gasteiger partial charge on any atom is -0.326 e. The Labute approximate surface area is 119 Å². The van der Waals surface area contributed by atoms with Crippen LogP contribution in [0.4, 0.5) is 4.39 Å². The topological polar surface area (TPSA) is 43.8 Å². The van der Waals surface area contributed by atoms with E-state index in [4.69, 9.17) is 5.73 Å². The molecule has 0 spiro atoms. The van der Waals surface area contributed by atoms with E-state index >= 15 is 0 Å². The van der Waals surface area contributed by atoms with Crippen molar-refractivity contribution in [2.24, 2.45) is 5.73 Å². The van der Waals surface area contributed by atoms with Gasteiger partial charge >= 0.3 is 0 Å². The highest BCUT2D eigenvalue weighted by Gasteiger charge is 2.22. The molecule has 0 fully saturated rings. The highest BCUT2D eigenvalue weighted by atomic mass is 19.1. The molecule has 0 bridgehead atoms. The zero-order valence-electron chi connectivity index (χ0n) is 12.3. The van der Waals surface area contributed by atoms with E-state index in [2.05, 4.69) is 25.0 Å². The fourth-order valence-electron chi connectivity index (χ4n) is 2.50. The van der Waals surface area contributed by atoms with Crippen LogP contribution in [-0.4, -0.2) is 15.8 Å². The van der Waals surface area contributed by atoms with Gasteiger partial charge in [-0.05, 0) is 43.5 Å². The Bertz CT molecular complexity index is 558. The van der Waals surface area contributed by atoms with Gasteiger partial charge in [0, 0.05) is 11.7 Å². The van der Waals surface area contributed by atoms with Gasteiger partial charge in [0.1, 0.15) is 5.82 Å². The Hall–Kier alpha value is -1.68. The molecule has 0 saturated heterocycles. The molecule has 1 heterocycles. The molecule has 2 aromatic rings. The van der Waals surface area contributed by atoms with Crippen molar-refractivity contribution in [1.82, 2.24) is 9.78 Å². The number of aryl methyl sites for hydroxylation is 2. The molecule has 0 aliphatic heterocycles. The molecule has 0 aliphatic rings. The number of aromatic nitrogens is 2. The maximum absolute atomic E-state index is 13.1. The number of hydrogen-bond donors (Lipinski definition) is 1. The summed E-state index contributed by atoms with van der Waals surface area (Å²) in [6, 6.07) is 8.48. The van der Waals surface area contributed by atoms with Gasteiger partial charge in [0.25, 0.3) is 0 Å². The smallest absolute Gasteiger partial charge is 0.123 e. The molecule has 108 valence electrons. The number of halogens is 1. The molecule has 3 nitrogen and oxygen atoms in total. The third-order valence-electron chi connectivity index (χ3n) is 3.56. The van der Waals surface area contributed by atoms with Crippen molar-refractivity contribution in [2.45, 2.75) is 45.7 Å². The molecule has 0 saturated carbocycles.